The molecule has 0 unspecified atom stereocenters. The fraction of sp³-hybridized carbons (Fsp3) is 0.500. The van der Waals surface area contributed by atoms with Crippen molar-refractivity contribution in [1.29, 1.82) is 0 Å². The van der Waals surface area contributed by atoms with Crippen molar-refractivity contribution in [1.82, 2.24) is 15.1 Å². The number of nitrogens with one attached hydrogen (secondary N) is 2. The van der Waals surface area contributed by atoms with E-state index in [2.05, 4.69) is 15.7 Å². The van der Waals surface area contributed by atoms with Crippen LogP contribution in [0.2, 0.25) is 5.02 Å². The fourth-order valence-corrected chi connectivity index (χ4v) is 4.26. The Kier molecular flexibility index (Phi) is 6.86. The Bertz CT molecular complexity index is 820. The molecule has 0 bridgehead atoms. The van der Waals surface area contributed by atoms with Gasteiger partial charge in [0.05, 0.1) is 23.2 Å². The molecular formula is C20H26Cl2N4O2. The number of carbonyl (C=O) groups excluding carboxylic acids is 1. The minimum absolute atomic E-state index is 0. The van der Waals surface area contributed by atoms with Crippen molar-refractivity contribution < 1.29 is 9.53 Å². The topological polar surface area (TPSA) is 68.2 Å². The molecule has 28 heavy (non-hydrogen) atoms. The maximum Gasteiger partial charge on any atom is 0.229 e. The standard InChI is InChI=1S/C20H25ClN4O2.ClH/c1-25-12-13(9-23-25)16-10-22-11-17(16)20(26)24-14-6-7-19(18(21)8-14)27-15-4-2-3-5-15;/h6-9,12,15-17,22H,2-5,10-11H2,1H3,(H,24,26);1H/t16-,17+;/m1./s1. The van der Waals surface area contributed by atoms with Crippen LogP contribution in [-0.4, -0.2) is 34.9 Å². The van der Waals surface area contributed by atoms with Crippen molar-refractivity contribution in [2.24, 2.45) is 13.0 Å². The van der Waals surface area contributed by atoms with E-state index in [1.165, 1.54) is 12.8 Å². The first-order valence-electron chi connectivity index (χ1n) is 9.56. The summed E-state index contributed by atoms with van der Waals surface area (Å²) in [6, 6.07) is 5.47. The predicted molar refractivity (Wildman–Crippen MR) is 113 cm³/mol. The van der Waals surface area contributed by atoms with Crippen LogP contribution in [0.3, 0.4) is 0 Å². The largest absolute Gasteiger partial charge is 0.489 e. The van der Waals surface area contributed by atoms with Gasteiger partial charge < -0.3 is 15.4 Å². The summed E-state index contributed by atoms with van der Waals surface area (Å²) in [5.41, 5.74) is 1.78. The zero-order valence-electron chi connectivity index (χ0n) is 15.9. The van der Waals surface area contributed by atoms with Gasteiger partial charge in [-0.1, -0.05) is 11.6 Å². The molecule has 2 atom stereocenters. The van der Waals surface area contributed by atoms with Gasteiger partial charge in [0.2, 0.25) is 5.91 Å². The second-order valence-corrected chi connectivity index (χ2v) is 7.88. The molecule has 152 valence electrons. The molecule has 1 saturated heterocycles. The number of anilines is 1. The Morgan fingerprint density at radius 2 is 2.11 bits per heavy atom. The van der Waals surface area contributed by atoms with E-state index >= 15 is 0 Å². The Morgan fingerprint density at radius 3 is 2.79 bits per heavy atom. The fourth-order valence-electron chi connectivity index (χ4n) is 4.03. The van der Waals surface area contributed by atoms with Crippen LogP contribution in [0.25, 0.3) is 0 Å². The molecule has 1 aromatic carbocycles. The summed E-state index contributed by atoms with van der Waals surface area (Å²) in [5, 5.41) is 11.1. The number of nitrogens with zero attached hydrogens (tertiary/aromatic N) is 2. The predicted octanol–water partition coefficient (Wildman–Crippen LogP) is 3.76. The lowest BCUT2D eigenvalue weighted by Gasteiger charge is -2.18. The number of aryl methyl sites for hydroxylation is 1. The number of halogens is 2. The molecule has 2 heterocycles. The number of ether oxygens (including phenoxy) is 1. The van der Waals surface area contributed by atoms with E-state index in [1.807, 2.05) is 31.6 Å². The van der Waals surface area contributed by atoms with E-state index < -0.39 is 0 Å². The third-order valence-electron chi connectivity index (χ3n) is 5.50. The normalized spacial score (nSPS) is 22.1. The van der Waals surface area contributed by atoms with Gasteiger partial charge in [0.1, 0.15) is 5.75 Å². The second-order valence-electron chi connectivity index (χ2n) is 7.48. The smallest absolute Gasteiger partial charge is 0.229 e. The first kappa shape index (κ1) is 21.0. The van der Waals surface area contributed by atoms with Crippen molar-refractivity contribution in [2.75, 3.05) is 18.4 Å². The van der Waals surface area contributed by atoms with Gasteiger partial charge in [-0.25, -0.2) is 0 Å². The third kappa shape index (κ3) is 4.62. The van der Waals surface area contributed by atoms with Crippen molar-refractivity contribution >= 4 is 35.6 Å². The van der Waals surface area contributed by atoms with Gasteiger partial charge in [-0.15, -0.1) is 12.4 Å². The summed E-state index contributed by atoms with van der Waals surface area (Å²) in [6.45, 7) is 1.43. The number of amides is 1. The van der Waals surface area contributed by atoms with Crippen LogP contribution in [0, 0.1) is 5.92 Å². The monoisotopic (exact) mass is 424 g/mol. The number of aromatic nitrogens is 2. The van der Waals surface area contributed by atoms with Gasteiger partial charge in [0.15, 0.2) is 0 Å². The molecular weight excluding hydrogens is 399 g/mol. The van der Waals surface area contributed by atoms with Crippen molar-refractivity contribution in [2.45, 2.75) is 37.7 Å². The van der Waals surface area contributed by atoms with Crippen LogP contribution in [-0.2, 0) is 11.8 Å². The number of hydrogen-bond acceptors (Lipinski definition) is 4. The quantitative estimate of drug-likeness (QED) is 0.766. The van der Waals surface area contributed by atoms with Crippen LogP contribution in [0.1, 0.15) is 37.2 Å². The molecule has 0 radical (unpaired) electrons. The highest BCUT2D eigenvalue weighted by Gasteiger charge is 2.34. The number of hydrogen-bond donors (Lipinski definition) is 2. The highest BCUT2D eigenvalue weighted by atomic mass is 35.5. The molecule has 1 saturated carbocycles. The van der Waals surface area contributed by atoms with E-state index in [1.54, 1.807) is 10.7 Å². The molecule has 2 aliphatic rings. The molecule has 1 amide bonds. The van der Waals surface area contributed by atoms with E-state index in [9.17, 15) is 4.79 Å². The molecule has 1 aliphatic heterocycles. The number of rotatable bonds is 5. The Morgan fingerprint density at radius 1 is 1.32 bits per heavy atom. The molecule has 2 fully saturated rings. The lowest BCUT2D eigenvalue weighted by atomic mass is 9.90. The van der Waals surface area contributed by atoms with Crippen LogP contribution in [0.15, 0.2) is 30.6 Å². The molecule has 2 N–H and O–H groups in total. The molecule has 0 spiro atoms. The third-order valence-corrected chi connectivity index (χ3v) is 5.79. The molecule has 6 nitrogen and oxygen atoms in total. The number of carbonyl (C=O) groups is 1. The summed E-state index contributed by atoms with van der Waals surface area (Å²) < 4.78 is 7.75. The van der Waals surface area contributed by atoms with Crippen LogP contribution in [0.4, 0.5) is 5.69 Å². The van der Waals surface area contributed by atoms with Gasteiger partial charge >= 0.3 is 0 Å². The minimum atomic E-state index is -0.137. The first-order chi connectivity index (χ1) is 13.1. The van der Waals surface area contributed by atoms with E-state index in [0.29, 0.717) is 23.0 Å². The van der Waals surface area contributed by atoms with E-state index in [0.717, 1.165) is 24.9 Å². The van der Waals surface area contributed by atoms with Gasteiger partial charge in [-0.05, 0) is 49.4 Å². The molecule has 8 heteroatoms. The van der Waals surface area contributed by atoms with Gasteiger partial charge in [-0.2, -0.15) is 5.10 Å². The van der Waals surface area contributed by atoms with Crippen LogP contribution >= 0.6 is 24.0 Å². The SMILES string of the molecule is Cl.Cn1cc([C@H]2CNC[C@@H]2C(=O)Nc2ccc(OC3CCCC3)c(Cl)c2)cn1. The number of benzene rings is 1. The highest BCUT2D eigenvalue weighted by molar-refractivity contribution is 6.32. The van der Waals surface area contributed by atoms with Gasteiger partial charge in [0, 0.05) is 37.9 Å². The van der Waals surface area contributed by atoms with E-state index in [-0.39, 0.29) is 36.3 Å². The van der Waals surface area contributed by atoms with Crippen LogP contribution in [0.5, 0.6) is 5.75 Å². The molecule has 2 aromatic rings. The minimum Gasteiger partial charge on any atom is -0.489 e. The van der Waals surface area contributed by atoms with Crippen molar-refractivity contribution in [3.05, 3.63) is 41.2 Å². The van der Waals surface area contributed by atoms with Crippen molar-refractivity contribution in [3.8, 4) is 5.75 Å². The lowest BCUT2D eigenvalue weighted by molar-refractivity contribution is -0.119. The average Bonchev–Trinajstić information content (AvgIpc) is 3.38. The Labute approximate surface area is 176 Å². The maximum atomic E-state index is 12.8. The van der Waals surface area contributed by atoms with Gasteiger partial charge in [-0.3, -0.25) is 9.48 Å². The first-order valence-corrected chi connectivity index (χ1v) is 9.94. The zero-order chi connectivity index (χ0) is 18.8. The second kappa shape index (κ2) is 9.16. The summed E-state index contributed by atoms with van der Waals surface area (Å²) in [7, 11) is 1.89. The summed E-state index contributed by atoms with van der Waals surface area (Å²) in [4.78, 5) is 12.8. The summed E-state index contributed by atoms with van der Waals surface area (Å²) in [5.74, 6) is 0.674. The maximum absolute atomic E-state index is 12.8. The summed E-state index contributed by atoms with van der Waals surface area (Å²) >= 11 is 6.38. The van der Waals surface area contributed by atoms with Crippen LogP contribution < -0.4 is 15.4 Å². The molecule has 4 rings (SSSR count). The van der Waals surface area contributed by atoms with Crippen molar-refractivity contribution in [3.63, 3.8) is 0 Å². The zero-order valence-corrected chi connectivity index (χ0v) is 17.4. The molecule has 1 aromatic heterocycles. The van der Waals surface area contributed by atoms with E-state index in [4.69, 9.17) is 16.3 Å². The Balaban J connectivity index is 0.00000225. The average molecular weight is 425 g/mol. The molecule has 1 aliphatic carbocycles. The lowest BCUT2D eigenvalue weighted by Crippen LogP contribution is -2.28. The Hall–Kier alpha value is -1.76. The van der Waals surface area contributed by atoms with Gasteiger partial charge in [0.25, 0.3) is 0 Å². The highest BCUT2D eigenvalue weighted by Crippen LogP contribution is 2.33. The summed E-state index contributed by atoms with van der Waals surface area (Å²) in [6.07, 6.45) is 8.66.